The van der Waals surface area contributed by atoms with Gasteiger partial charge in [-0.05, 0) is 19.8 Å². The number of aryl methyl sites for hydroxylation is 1. The first kappa shape index (κ1) is 11.5. The molecule has 17 heavy (non-hydrogen) atoms. The van der Waals surface area contributed by atoms with Crippen LogP contribution in [0.15, 0.2) is 10.6 Å². The summed E-state index contributed by atoms with van der Waals surface area (Å²) in [5, 5.41) is 6.52. The van der Waals surface area contributed by atoms with Crippen LogP contribution in [0.4, 0.5) is 4.79 Å². The monoisotopic (exact) mass is 233 g/mol. The van der Waals surface area contributed by atoms with E-state index in [-0.39, 0.29) is 18.6 Å². The number of rotatable bonds is 2. The number of aromatic nitrogens is 1. The molecule has 1 aromatic heterocycles. The summed E-state index contributed by atoms with van der Waals surface area (Å²) in [5.41, 5.74) is 0.830. The van der Waals surface area contributed by atoms with Gasteiger partial charge in [-0.25, -0.2) is 4.79 Å². The molecule has 5 nitrogen and oxygen atoms in total. The lowest BCUT2D eigenvalue weighted by atomic mass is 10.1. The number of hydrogen-bond donors (Lipinski definition) is 1. The van der Waals surface area contributed by atoms with Gasteiger partial charge in [-0.15, -0.1) is 6.42 Å². The molecular weight excluding hydrogens is 218 g/mol. The maximum atomic E-state index is 11.9. The molecule has 0 saturated carbocycles. The van der Waals surface area contributed by atoms with Crippen molar-refractivity contribution in [3.8, 4) is 12.3 Å². The van der Waals surface area contributed by atoms with Crippen molar-refractivity contribution in [1.82, 2.24) is 15.4 Å². The highest BCUT2D eigenvalue weighted by Gasteiger charge is 2.32. The fourth-order valence-corrected chi connectivity index (χ4v) is 2.07. The van der Waals surface area contributed by atoms with Crippen LogP contribution in [0.5, 0.6) is 0 Å². The molecule has 0 spiro atoms. The van der Waals surface area contributed by atoms with E-state index < -0.39 is 0 Å². The van der Waals surface area contributed by atoms with Crippen LogP contribution in [-0.4, -0.2) is 29.2 Å². The van der Waals surface area contributed by atoms with Crippen LogP contribution in [0.2, 0.25) is 0 Å². The number of nitrogens with one attached hydrogen (secondary N) is 1. The summed E-state index contributed by atoms with van der Waals surface area (Å²) in [7, 11) is 0. The predicted molar refractivity (Wildman–Crippen MR) is 62.2 cm³/mol. The number of carbonyl (C=O) groups excluding carboxylic acids is 1. The molecule has 2 rings (SSSR count). The topological polar surface area (TPSA) is 58.4 Å². The summed E-state index contributed by atoms with van der Waals surface area (Å²) in [4.78, 5) is 13.6. The average Bonchev–Trinajstić information content (AvgIpc) is 2.93. The summed E-state index contributed by atoms with van der Waals surface area (Å²) >= 11 is 0. The minimum atomic E-state index is -0.139. The zero-order chi connectivity index (χ0) is 12.3. The van der Waals surface area contributed by atoms with Gasteiger partial charge in [0.15, 0.2) is 5.76 Å². The van der Waals surface area contributed by atoms with Crippen molar-refractivity contribution >= 4 is 6.03 Å². The first-order valence-corrected chi connectivity index (χ1v) is 5.63. The lowest BCUT2D eigenvalue weighted by molar-refractivity contribution is 0.183. The molecule has 1 aromatic rings. The Balaban J connectivity index is 2.07. The van der Waals surface area contributed by atoms with Crippen molar-refractivity contribution in [3.05, 3.63) is 17.5 Å². The van der Waals surface area contributed by atoms with Crippen LogP contribution < -0.4 is 5.32 Å². The van der Waals surface area contributed by atoms with Gasteiger partial charge in [0.1, 0.15) is 0 Å². The summed E-state index contributed by atoms with van der Waals surface area (Å²) in [6.07, 6.45) is 6.98. The van der Waals surface area contributed by atoms with Crippen molar-refractivity contribution in [3.63, 3.8) is 0 Å². The van der Waals surface area contributed by atoms with Gasteiger partial charge < -0.3 is 14.7 Å². The molecule has 1 atom stereocenters. The molecule has 0 radical (unpaired) electrons. The maximum absolute atomic E-state index is 11.9. The summed E-state index contributed by atoms with van der Waals surface area (Å²) < 4.78 is 5.22. The molecule has 5 heteroatoms. The van der Waals surface area contributed by atoms with Gasteiger partial charge in [-0.2, -0.15) is 0 Å². The Labute approximate surface area is 100 Å². The summed E-state index contributed by atoms with van der Waals surface area (Å²) in [5.74, 6) is 3.13. The molecule has 0 aliphatic carbocycles. The van der Waals surface area contributed by atoms with E-state index in [1.54, 1.807) is 4.90 Å². The third-order valence-electron chi connectivity index (χ3n) is 2.83. The third kappa shape index (κ3) is 2.41. The second-order valence-electron chi connectivity index (χ2n) is 4.08. The molecule has 0 bridgehead atoms. The largest absolute Gasteiger partial charge is 0.359 e. The van der Waals surface area contributed by atoms with E-state index in [0.717, 1.165) is 30.8 Å². The van der Waals surface area contributed by atoms with Gasteiger partial charge in [0.2, 0.25) is 0 Å². The molecule has 0 aromatic carbocycles. The maximum Gasteiger partial charge on any atom is 0.318 e. The van der Waals surface area contributed by atoms with Gasteiger partial charge in [0.05, 0.1) is 18.3 Å². The number of carbonyl (C=O) groups is 1. The average molecular weight is 233 g/mol. The highest BCUT2D eigenvalue weighted by molar-refractivity contribution is 5.75. The molecule has 1 saturated heterocycles. The normalized spacial score (nSPS) is 19.1. The van der Waals surface area contributed by atoms with Crippen molar-refractivity contribution in [1.29, 1.82) is 0 Å². The van der Waals surface area contributed by atoms with Crippen molar-refractivity contribution in [2.24, 2.45) is 0 Å². The molecule has 2 heterocycles. The number of urea groups is 1. The van der Waals surface area contributed by atoms with E-state index in [2.05, 4.69) is 16.4 Å². The van der Waals surface area contributed by atoms with Gasteiger partial charge in [-0.3, -0.25) is 0 Å². The zero-order valence-corrected chi connectivity index (χ0v) is 9.77. The minimum absolute atomic E-state index is 0.0195. The lowest BCUT2D eigenvalue weighted by Gasteiger charge is -2.22. The van der Waals surface area contributed by atoms with E-state index in [4.69, 9.17) is 10.9 Å². The Kier molecular flexibility index (Phi) is 3.33. The number of nitrogens with zero attached hydrogens (tertiary/aromatic N) is 2. The number of amides is 2. The molecule has 1 N–H and O–H groups in total. The molecule has 1 aliphatic rings. The van der Waals surface area contributed by atoms with Gasteiger partial charge in [0, 0.05) is 12.6 Å². The Morgan fingerprint density at radius 3 is 3.29 bits per heavy atom. The zero-order valence-electron chi connectivity index (χ0n) is 9.77. The SMILES string of the molecule is C#CCNC(=O)N1CCC[C@@H]1c1cc(C)no1. The van der Waals surface area contributed by atoms with Crippen molar-refractivity contribution in [2.75, 3.05) is 13.1 Å². The van der Waals surface area contributed by atoms with E-state index in [1.165, 1.54) is 0 Å². The van der Waals surface area contributed by atoms with Crippen molar-refractivity contribution in [2.45, 2.75) is 25.8 Å². The number of likely N-dealkylation sites (tertiary alicyclic amines) is 1. The predicted octanol–water partition coefficient (Wildman–Crippen LogP) is 1.46. The van der Waals surface area contributed by atoms with Crippen LogP contribution in [-0.2, 0) is 0 Å². The van der Waals surface area contributed by atoms with E-state index >= 15 is 0 Å². The van der Waals surface area contributed by atoms with Crippen LogP contribution >= 0.6 is 0 Å². The molecule has 2 amide bonds. The highest BCUT2D eigenvalue weighted by Crippen LogP contribution is 2.31. The molecular formula is C12H15N3O2. The fraction of sp³-hybridized carbons (Fsp3) is 0.500. The highest BCUT2D eigenvalue weighted by atomic mass is 16.5. The van der Waals surface area contributed by atoms with Crippen LogP contribution in [0.25, 0.3) is 0 Å². The van der Waals surface area contributed by atoms with E-state index in [1.807, 2.05) is 13.0 Å². The number of hydrogen-bond acceptors (Lipinski definition) is 3. The Morgan fingerprint density at radius 2 is 2.65 bits per heavy atom. The molecule has 1 fully saturated rings. The number of terminal acetylenes is 1. The fourth-order valence-electron chi connectivity index (χ4n) is 2.07. The molecule has 0 unspecified atom stereocenters. The quantitative estimate of drug-likeness (QED) is 0.787. The first-order chi connectivity index (χ1) is 8.22. The minimum Gasteiger partial charge on any atom is -0.359 e. The standard InChI is InChI=1S/C12H15N3O2/c1-3-6-13-12(16)15-7-4-5-10(15)11-8-9(2)14-17-11/h1,8,10H,4-7H2,2H3,(H,13,16)/t10-/m1/s1. The third-order valence-corrected chi connectivity index (χ3v) is 2.83. The van der Waals surface area contributed by atoms with Gasteiger partial charge in [0.25, 0.3) is 0 Å². The second kappa shape index (κ2) is 4.91. The van der Waals surface area contributed by atoms with Crippen molar-refractivity contribution < 1.29 is 9.32 Å². The van der Waals surface area contributed by atoms with Crippen LogP contribution in [0, 0.1) is 19.3 Å². The summed E-state index contributed by atoms with van der Waals surface area (Å²) in [6, 6.07) is 1.71. The Morgan fingerprint density at radius 1 is 1.82 bits per heavy atom. The summed E-state index contributed by atoms with van der Waals surface area (Å²) in [6.45, 7) is 2.84. The Bertz CT molecular complexity index is 447. The molecule has 90 valence electrons. The van der Waals surface area contributed by atoms with Gasteiger partial charge >= 0.3 is 6.03 Å². The Hall–Kier alpha value is -1.96. The second-order valence-corrected chi connectivity index (χ2v) is 4.08. The first-order valence-electron chi connectivity index (χ1n) is 5.63. The lowest BCUT2D eigenvalue weighted by Crippen LogP contribution is -2.39. The molecule has 1 aliphatic heterocycles. The van der Waals surface area contributed by atoms with Crippen LogP contribution in [0.3, 0.4) is 0 Å². The van der Waals surface area contributed by atoms with Crippen LogP contribution in [0.1, 0.15) is 30.3 Å². The van der Waals surface area contributed by atoms with Gasteiger partial charge in [-0.1, -0.05) is 11.1 Å². The van der Waals surface area contributed by atoms with E-state index in [0.29, 0.717) is 0 Å². The van der Waals surface area contributed by atoms with E-state index in [9.17, 15) is 4.79 Å². The smallest absolute Gasteiger partial charge is 0.318 e.